The van der Waals surface area contributed by atoms with Gasteiger partial charge in [0.1, 0.15) is 0 Å². The van der Waals surface area contributed by atoms with Crippen molar-refractivity contribution in [2.75, 3.05) is 7.11 Å². The molecule has 3 atom stereocenters. The first-order valence-corrected chi connectivity index (χ1v) is 13.6. The van der Waals surface area contributed by atoms with Crippen LogP contribution in [-0.4, -0.2) is 37.9 Å². The third-order valence-electron chi connectivity index (χ3n) is 6.29. The summed E-state index contributed by atoms with van der Waals surface area (Å²) in [6, 6.07) is 9.16. The van der Waals surface area contributed by atoms with E-state index >= 15 is 0 Å². The highest BCUT2D eigenvalue weighted by atomic mass is 32.2. The van der Waals surface area contributed by atoms with Gasteiger partial charge in [0.15, 0.2) is 0 Å². The molecular formula is C25H41NO4S. The van der Waals surface area contributed by atoms with Crippen LogP contribution in [0, 0.1) is 0 Å². The maximum absolute atomic E-state index is 13.1. The minimum Gasteiger partial charge on any atom is -0.469 e. The SMILES string of the molecule is CCCCCCCC[C@H]1[C@H](CCCCCCCC(=O)OC)N1S(=O)(=O)c1ccccc1. The third-order valence-corrected chi connectivity index (χ3v) is 8.25. The number of rotatable bonds is 17. The van der Waals surface area contributed by atoms with Gasteiger partial charge in [0.2, 0.25) is 10.0 Å². The van der Waals surface area contributed by atoms with Crippen LogP contribution < -0.4 is 0 Å². The molecule has 0 bridgehead atoms. The number of hydrogen-bond donors (Lipinski definition) is 0. The lowest BCUT2D eigenvalue weighted by Crippen LogP contribution is -2.16. The lowest BCUT2D eigenvalue weighted by atomic mass is 10.0. The lowest BCUT2D eigenvalue weighted by Gasteiger charge is -2.07. The van der Waals surface area contributed by atoms with E-state index in [4.69, 9.17) is 0 Å². The number of sulfonamides is 1. The lowest BCUT2D eigenvalue weighted by molar-refractivity contribution is -0.140. The zero-order chi connectivity index (χ0) is 22.5. The number of carbonyl (C=O) groups excluding carboxylic acids is 1. The van der Waals surface area contributed by atoms with Gasteiger partial charge in [-0.05, 0) is 31.4 Å². The molecule has 0 N–H and O–H groups in total. The number of esters is 1. The van der Waals surface area contributed by atoms with Gasteiger partial charge in [-0.1, -0.05) is 89.3 Å². The van der Waals surface area contributed by atoms with Crippen LogP contribution in [0.25, 0.3) is 0 Å². The van der Waals surface area contributed by atoms with Gasteiger partial charge in [0.25, 0.3) is 0 Å². The summed E-state index contributed by atoms with van der Waals surface area (Å²) in [7, 11) is -1.97. The fourth-order valence-electron chi connectivity index (χ4n) is 4.41. The van der Waals surface area contributed by atoms with Gasteiger partial charge in [-0.2, -0.15) is 4.31 Å². The van der Waals surface area contributed by atoms with Crippen LogP contribution in [0.2, 0.25) is 0 Å². The van der Waals surface area contributed by atoms with E-state index in [2.05, 4.69) is 11.7 Å². The number of hydrogen-bond acceptors (Lipinski definition) is 4. The number of methoxy groups -OCH3 is 1. The van der Waals surface area contributed by atoms with Crippen LogP contribution in [0.5, 0.6) is 0 Å². The molecule has 0 aromatic heterocycles. The summed E-state index contributed by atoms with van der Waals surface area (Å²) in [6.07, 6.45) is 14.9. The quantitative estimate of drug-likeness (QED) is 0.163. The van der Waals surface area contributed by atoms with Crippen LogP contribution >= 0.6 is 0 Å². The van der Waals surface area contributed by atoms with Gasteiger partial charge < -0.3 is 4.74 Å². The highest BCUT2D eigenvalue weighted by molar-refractivity contribution is 7.89. The second-order valence-electron chi connectivity index (χ2n) is 8.72. The van der Waals surface area contributed by atoms with Crippen molar-refractivity contribution in [3.05, 3.63) is 30.3 Å². The molecule has 1 aromatic rings. The van der Waals surface area contributed by atoms with Crippen LogP contribution in [0.3, 0.4) is 0 Å². The molecule has 5 nitrogen and oxygen atoms in total. The van der Waals surface area contributed by atoms with Gasteiger partial charge in [0, 0.05) is 18.5 Å². The molecule has 1 unspecified atom stereocenters. The van der Waals surface area contributed by atoms with Crippen molar-refractivity contribution >= 4 is 16.0 Å². The second-order valence-corrected chi connectivity index (χ2v) is 10.6. The Morgan fingerprint density at radius 2 is 1.35 bits per heavy atom. The van der Waals surface area contributed by atoms with Gasteiger partial charge in [-0.25, -0.2) is 8.42 Å². The maximum Gasteiger partial charge on any atom is 0.305 e. The molecule has 1 aliphatic rings. The highest BCUT2D eigenvalue weighted by Gasteiger charge is 2.53. The largest absolute Gasteiger partial charge is 0.469 e. The normalized spacial score (nSPS) is 20.5. The monoisotopic (exact) mass is 451 g/mol. The predicted octanol–water partition coefficient (Wildman–Crippen LogP) is 6.08. The smallest absolute Gasteiger partial charge is 0.305 e. The number of unbranched alkanes of at least 4 members (excludes halogenated alkanes) is 9. The fraction of sp³-hybridized carbons (Fsp3) is 0.720. The first-order valence-electron chi connectivity index (χ1n) is 12.2. The summed E-state index contributed by atoms with van der Waals surface area (Å²) in [5.74, 6) is -0.141. The van der Waals surface area contributed by atoms with Crippen molar-refractivity contribution in [3.63, 3.8) is 0 Å². The molecule has 1 aliphatic heterocycles. The molecule has 0 aliphatic carbocycles. The Kier molecular flexibility index (Phi) is 11.6. The minimum absolute atomic E-state index is 0.141. The molecular weight excluding hydrogens is 410 g/mol. The van der Waals surface area contributed by atoms with Crippen LogP contribution in [-0.2, 0) is 19.6 Å². The number of ether oxygens (including phenoxy) is 1. The summed E-state index contributed by atoms with van der Waals surface area (Å²) in [4.78, 5) is 11.6. The van der Waals surface area contributed by atoms with E-state index in [0.29, 0.717) is 11.3 Å². The first kappa shape index (κ1) is 25.9. The molecule has 176 valence electrons. The second kappa shape index (κ2) is 13.9. The number of nitrogens with zero attached hydrogens (tertiary/aromatic N) is 1. The van der Waals surface area contributed by atoms with Gasteiger partial charge in [-0.15, -0.1) is 0 Å². The molecule has 1 fully saturated rings. The van der Waals surface area contributed by atoms with E-state index in [0.717, 1.165) is 51.4 Å². The fourth-order valence-corrected chi connectivity index (χ4v) is 6.30. The molecule has 2 rings (SSSR count). The standard InChI is InChI=1S/C25H41NO4S/c1-3-4-5-6-8-14-19-23-24(20-15-9-7-10-16-21-25(27)30-2)26(23)31(28,29)22-17-12-11-13-18-22/h11-13,17-18,23-24H,3-10,14-16,19-21H2,1-2H3/t23-,24-,26?/m0/s1. The molecule has 1 aromatic carbocycles. The van der Waals surface area contributed by atoms with Gasteiger partial charge in [0.05, 0.1) is 12.0 Å². The zero-order valence-corrected chi connectivity index (χ0v) is 20.2. The van der Waals surface area contributed by atoms with Gasteiger partial charge >= 0.3 is 5.97 Å². The van der Waals surface area contributed by atoms with Crippen LogP contribution in [0.15, 0.2) is 35.2 Å². The highest BCUT2D eigenvalue weighted by Crippen LogP contribution is 2.41. The van der Waals surface area contributed by atoms with E-state index in [1.165, 1.54) is 39.2 Å². The molecule has 0 amide bonds. The summed E-state index contributed by atoms with van der Waals surface area (Å²) < 4.78 is 32.7. The molecule has 6 heteroatoms. The van der Waals surface area contributed by atoms with Crippen molar-refractivity contribution in [2.45, 2.75) is 114 Å². The van der Waals surface area contributed by atoms with Crippen molar-refractivity contribution in [3.8, 4) is 0 Å². The molecule has 0 radical (unpaired) electrons. The Morgan fingerprint density at radius 3 is 1.90 bits per heavy atom. The van der Waals surface area contributed by atoms with E-state index in [9.17, 15) is 13.2 Å². The Bertz CT molecular complexity index is 735. The minimum atomic E-state index is -3.40. The number of carbonyl (C=O) groups is 1. The molecule has 0 spiro atoms. The summed E-state index contributed by atoms with van der Waals surface area (Å²) in [5, 5.41) is 0. The average molecular weight is 452 g/mol. The number of benzene rings is 1. The maximum atomic E-state index is 13.1. The Morgan fingerprint density at radius 1 is 0.839 bits per heavy atom. The van der Waals surface area contributed by atoms with Gasteiger partial charge in [-0.3, -0.25) is 4.79 Å². The van der Waals surface area contributed by atoms with Crippen molar-refractivity contribution in [1.29, 1.82) is 0 Å². The Balaban J connectivity index is 1.79. The zero-order valence-electron chi connectivity index (χ0n) is 19.4. The van der Waals surface area contributed by atoms with Crippen LogP contribution in [0.1, 0.15) is 96.8 Å². The predicted molar refractivity (Wildman–Crippen MR) is 125 cm³/mol. The van der Waals surface area contributed by atoms with E-state index in [-0.39, 0.29) is 18.1 Å². The average Bonchev–Trinajstić information content (AvgIpc) is 3.49. The van der Waals surface area contributed by atoms with Crippen molar-refractivity contribution < 1.29 is 17.9 Å². The molecule has 31 heavy (non-hydrogen) atoms. The first-order chi connectivity index (χ1) is 15.0. The van der Waals surface area contributed by atoms with Crippen LogP contribution in [0.4, 0.5) is 0 Å². The molecule has 0 saturated carbocycles. The van der Waals surface area contributed by atoms with E-state index in [1.807, 2.05) is 6.07 Å². The van der Waals surface area contributed by atoms with Crippen molar-refractivity contribution in [2.24, 2.45) is 0 Å². The molecule has 1 saturated heterocycles. The Hall–Kier alpha value is -1.40. The third kappa shape index (κ3) is 8.57. The summed E-state index contributed by atoms with van der Waals surface area (Å²) >= 11 is 0. The van der Waals surface area contributed by atoms with E-state index in [1.54, 1.807) is 28.6 Å². The van der Waals surface area contributed by atoms with Crippen molar-refractivity contribution in [1.82, 2.24) is 4.31 Å². The Labute approximate surface area is 189 Å². The van der Waals surface area contributed by atoms with E-state index < -0.39 is 10.0 Å². The summed E-state index contributed by atoms with van der Waals surface area (Å²) in [5.41, 5.74) is 0. The molecule has 1 heterocycles. The summed E-state index contributed by atoms with van der Waals surface area (Å²) in [6.45, 7) is 2.22. The topological polar surface area (TPSA) is 63.5 Å².